The average molecular weight is 392 g/mol. The number of nitrogens with one attached hydrogen (secondary N) is 1. The first-order chi connectivity index (χ1) is 12.7. The molecule has 0 bridgehead atoms. The molecule has 1 N–H and O–H groups in total. The minimum atomic E-state index is -1.16. The van der Waals surface area contributed by atoms with Crippen molar-refractivity contribution in [3.63, 3.8) is 0 Å². The van der Waals surface area contributed by atoms with E-state index >= 15 is 0 Å². The zero-order valence-electron chi connectivity index (χ0n) is 18.2. The molecule has 1 amide bonds. The molecule has 0 heterocycles. The van der Waals surface area contributed by atoms with Gasteiger partial charge in [0.05, 0.1) is 0 Å². The van der Waals surface area contributed by atoms with Gasteiger partial charge in [-0.3, -0.25) is 4.79 Å². The molecular weight excluding hydrogens is 349 g/mol. The topological polar surface area (TPSA) is 69.2 Å². The fourth-order valence-corrected chi connectivity index (χ4v) is 3.20. The van der Waals surface area contributed by atoms with Crippen molar-refractivity contribution in [3.8, 4) is 0 Å². The van der Waals surface area contributed by atoms with Gasteiger partial charge in [0.25, 0.3) is 0 Å². The number of hydrogen-bond acceptors (Lipinski definition) is 3. The Balaban J connectivity index is 0. The first-order valence-corrected chi connectivity index (χ1v) is 11.1. The number of carboxylic acid groups (broad SMARTS) is 1. The van der Waals surface area contributed by atoms with Crippen LogP contribution in [-0.2, 0) is 9.59 Å². The summed E-state index contributed by atoms with van der Waals surface area (Å²) in [7, 11) is 0. The van der Waals surface area contributed by atoms with Gasteiger partial charge < -0.3 is 15.2 Å². The van der Waals surface area contributed by atoms with Crippen LogP contribution in [0.4, 0.5) is 0 Å². The van der Waals surface area contributed by atoms with Gasteiger partial charge in [-0.1, -0.05) is 103 Å². The maximum absolute atomic E-state index is 11.3. The molecule has 0 aromatic heterocycles. The molecule has 154 valence electrons. The Morgan fingerprint density at radius 2 is 1.00 bits per heavy atom. The van der Waals surface area contributed by atoms with Gasteiger partial charge in [0.1, 0.15) is 0 Å². The van der Waals surface area contributed by atoms with E-state index in [1.165, 1.54) is 89.9 Å². The third-order valence-corrected chi connectivity index (χ3v) is 4.91. The molecule has 27 heavy (non-hydrogen) atoms. The predicted octanol–water partition coefficient (Wildman–Crippen LogP) is 1.90. The van der Waals surface area contributed by atoms with Crippen LogP contribution in [0.1, 0.15) is 122 Å². The van der Waals surface area contributed by atoms with Crippen LogP contribution in [-0.4, -0.2) is 18.4 Å². The number of amides is 1. The summed E-state index contributed by atoms with van der Waals surface area (Å²) in [4.78, 5) is 21.6. The fourth-order valence-electron chi connectivity index (χ4n) is 3.20. The first-order valence-electron chi connectivity index (χ1n) is 11.1. The normalized spacial score (nSPS) is 10.4. The average Bonchev–Trinajstić information content (AvgIpc) is 2.62. The second-order valence-corrected chi connectivity index (χ2v) is 7.53. The molecule has 0 aromatic rings. The van der Waals surface area contributed by atoms with Gasteiger partial charge >= 0.3 is 29.6 Å². The molecule has 5 heteroatoms. The first kappa shape index (κ1) is 29.1. The van der Waals surface area contributed by atoms with Gasteiger partial charge in [0.2, 0.25) is 5.91 Å². The third kappa shape index (κ3) is 25.9. The van der Waals surface area contributed by atoms with Crippen LogP contribution in [0.5, 0.6) is 0 Å². The molecule has 0 spiro atoms. The zero-order chi connectivity index (χ0) is 19.3. The standard InChI is InChI=1S/C22H43NO3.Na/c1-2-3-4-5-6-7-8-9-10-11-12-13-14-15-16-17-20-23-21(24)18-19-22(25)26;/h2-20H2,1H3,(H,23,24)(H,25,26);/q;+1/p-1. The zero-order valence-corrected chi connectivity index (χ0v) is 20.2. The Kier molecular flexibility index (Phi) is 25.9. The number of hydrogen-bond donors (Lipinski definition) is 1. The number of rotatable bonds is 20. The molecule has 0 aliphatic carbocycles. The largest absolute Gasteiger partial charge is 1.00 e. The number of carbonyl (C=O) groups excluding carboxylic acids is 2. The summed E-state index contributed by atoms with van der Waals surface area (Å²) >= 11 is 0. The van der Waals surface area contributed by atoms with Crippen molar-refractivity contribution in [2.75, 3.05) is 6.54 Å². The van der Waals surface area contributed by atoms with E-state index in [1.54, 1.807) is 0 Å². The Hall–Kier alpha value is -0.0600. The minimum absolute atomic E-state index is 0. The monoisotopic (exact) mass is 391 g/mol. The van der Waals surface area contributed by atoms with Crippen LogP contribution in [0.15, 0.2) is 0 Å². The summed E-state index contributed by atoms with van der Waals surface area (Å²) in [6.07, 6.45) is 21.2. The Labute approximate surface area is 189 Å². The molecule has 0 rings (SSSR count). The van der Waals surface area contributed by atoms with Crippen LogP contribution in [0.3, 0.4) is 0 Å². The van der Waals surface area contributed by atoms with Crippen molar-refractivity contribution in [2.45, 2.75) is 122 Å². The molecule has 0 aliphatic rings. The second-order valence-electron chi connectivity index (χ2n) is 7.53. The van der Waals surface area contributed by atoms with Crippen LogP contribution in [0.25, 0.3) is 0 Å². The number of aliphatic carboxylic acids is 1. The summed E-state index contributed by atoms with van der Waals surface area (Å²) in [6.45, 7) is 2.93. The van der Waals surface area contributed by atoms with E-state index in [9.17, 15) is 14.7 Å². The predicted molar refractivity (Wildman–Crippen MR) is 107 cm³/mol. The molecule has 0 atom stereocenters. The van der Waals surface area contributed by atoms with Crippen molar-refractivity contribution in [1.29, 1.82) is 0 Å². The second kappa shape index (κ2) is 24.0. The number of carboxylic acids is 1. The molecule has 0 saturated heterocycles. The van der Waals surface area contributed by atoms with E-state index in [0.29, 0.717) is 6.54 Å². The van der Waals surface area contributed by atoms with E-state index in [1.807, 2.05) is 0 Å². The van der Waals surface area contributed by atoms with Gasteiger partial charge in [0.15, 0.2) is 0 Å². The summed E-state index contributed by atoms with van der Waals surface area (Å²) < 4.78 is 0. The van der Waals surface area contributed by atoms with Gasteiger partial charge in [-0.05, 0) is 12.8 Å². The molecular formula is C22H42NNaO3. The number of unbranched alkanes of at least 4 members (excludes halogenated alkanes) is 15. The number of carbonyl (C=O) groups is 2. The summed E-state index contributed by atoms with van der Waals surface area (Å²) in [5.41, 5.74) is 0. The van der Waals surface area contributed by atoms with Crippen molar-refractivity contribution in [1.82, 2.24) is 5.32 Å². The fraction of sp³-hybridized carbons (Fsp3) is 0.909. The Bertz CT molecular complexity index is 338. The van der Waals surface area contributed by atoms with Crippen LogP contribution in [0.2, 0.25) is 0 Å². The molecule has 0 unspecified atom stereocenters. The maximum atomic E-state index is 11.3. The van der Waals surface area contributed by atoms with Crippen LogP contribution in [0, 0.1) is 0 Å². The smallest absolute Gasteiger partial charge is 0.550 e. The maximum Gasteiger partial charge on any atom is 1.00 e. The quantitative estimate of drug-likeness (QED) is 0.255. The van der Waals surface area contributed by atoms with Crippen molar-refractivity contribution >= 4 is 11.9 Å². The van der Waals surface area contributed by atoms with Crippen molar-refractivity contribution in [3.05, 3.63) is 0 Å². The van der Waals surface area contributed by atoms with E-state index < -0.39 is 5.97 Å². The molecule has 0 fully saturated rings. The van der Waals surface area contributed by atoms with Crippen molar-refractivity contribution < 1.29 is 44.3 Å². The van der Waals surface area contributed by atoms with E-state index in [2.05, 4.69) is 12.2 Å². The van der Waals surface area contributed by atoms with Gasteiger partial charge in [0, 0.05) is 18.9 Å². The third-order valence-electron chi connectivity index (χ3n) is 4.91. The van der Waals surface area contributed by atoms with Gasteiger partial charge in [-0.15, -0.1) is 0 Å². The molecule has 0 saturated carbocycles. The van der Waals surface area contributed by atoms with Crippen molar-refractivity contribution in [2.24, 2.45) is 0 Å². The molecule has 0 radical (unpaired) electrons. The molecule has 4 nitrogen and oxygen atoms in total. The summed E-state index contributed by atoms with van der Waals surface area (Å²) in [6, 6.07) is 0. The Morgan fingerprint density at radius 1 is 0.630 bits per heavy atom. The van der Waals surface area contributed by atoms with E-state index in [0.717, 1.165) is 12.8 Å². The van der Waals surface area contributed by atoms with Crippen LogP contribution < -0.4 is 40.0 Å². The molecule has 0 aromatic carbocycles. The van der Waals surface area contributed by atoms with Gasteiger partial charge in [-0.2, -0.15) is 0 Å². The summed E-state index contributed by atoms with van der Waals surface area (Å²) in [5, 5.41) is 13.0. The van der Waals surface area contributed by atoms with E-state index in [-0.39, 0.29) is 48.3 Å². The Morgan fingerprint density at radius 3 is 1.37 bits per heavy atom. The SMILES string of the molecule is CCCCCCCCCCCCCCCCCCNC(=O)CCC(=O)[O-].[Na+]. The molecule has 0 aliphatic heterocycles. The van der Waals surface area contributed by atoms with Crippen LogP contribution >= 0.6 is 0 Å². The van der Waals surface area contributed by atoms with Gasteiger partial charge in [-0.25, -0.2) is 0 Å². The summed E-state index contributed by atoms with van der Waals surface area (Å²) in [5.74, 6) is -1.35. The minimum Gasteiger partial charge on any atom is -0.550 e. The van der Waals surface area contributed by atoms with E-state index in [4.69, 9.17) is 0 Å².